The molecule has 0 spiro atoms. The second kappa shape index (κ2) is 8.23. The fourth-order valence-corrected chi connectivity index (χ4v) is 4.21. The van der Waals surface area contributed by atoms with Gasteiger partial charge in [0.15, 0.2) is 23.6 Å². The van der Waals surface area contributed by atoms with Crippen molar-refractivity contribution >= 4 is 23.1 Å². The summed E-state index contributed by atoms with van der Waals surface area (Å²) in [6, 6.07) is -0.526. The van der Waals surface area contributed by atoms with Gasteiger partial charge in [-0.05, 0) is 12.0 Å². The number of aliphatic hydroxyl groups excluding tert-OH is 4. The Bertz CT molecular complexity index is 1100. The SMILES string of the molecule is C=C1[C@H](CO)[C@@H](O[C@H]2OC(C(=O)O)[C@@H](O)[C@H](O)[C@H]2O)C[C@@H]1n1cnc2c(=O)[nH]c(N)nc21. The van der Waals surface area contributed by atoms with Crippen LogP contribution in [0.15, 0.2) is 23.3 Å². The second-order valence-electron chi connectivity index (χ2n) is 7.80. The number of carbonyl (C=O) groups is 1. The standard InChI is InChI=1S/C18H23N5O9/c1-5-6(3-24)8(31-17-12(27)10(25)11(26)13(32-17)16(29)30)2-7(5)23-4-20-9-14(23)21-18(19)22-15(9)28/h4,6-8,10-13,17,24-27H,1-3H2,(H,29,30)(H3,19,21,22,28)/t6-,7-,8-,10-,11-,12+,13?,17-/m0/s1. The number of hydrogen-bond acceptors (Lipinski definition) is 11. The van der Waals surface area contributed by atoms with Gasteiger partial charge in [-0.2, -0.15) is 4.98 Å². The Hall–Kier alpha value is -2.88. The van der Waals surface area contributed by atoms with Crippen LogP contribution in [0.5, 0.6) is 0 Å². The molecule has 0 radical (unpaired) electrons. The molecule has 1 saturated carbocycles. The van der Waals surface area contributed by atoms with Gasteiger partial charge in [0.25, 0.3) is 5.56 Å². The number of carboxylic acids is 1. The number of hydrogen-bond donors (Lipinski definition) is 7. The minimum Gasteiger partial charge on any atom is -0.479 e. The van der Waals surface area contributed by atoms with Crippen LogP contribution >= 0.6 is 0 Å². The molecule has 1 unspecified atom stereocenters. The van der Waals surface area contributed by atoms with E-state index in [0.717, 1.165) is 0 Å². The van der Waals surface area contributed by atoms with Crippen molar-refractivity contribution in [3.05, 3.63) is 28.8 Å². The number of nitrogens with two attached hydrogens (primary N) is 1. The highest BCUT2D eigenvalue weighted by atomic mass is 16.7. The molecule has 3 heterocycles. The molecule has 32 heavy (non-hydrogen) atoms. The summed E-state index contributed by atoms with van der Waals surface area (Å²) in [5.41, 5.74) is 5.89. The zero-order chi connectivity index (χ0) is 23.3. The molecule has 2 fully saturated rings. The van der Waals surface area contributed by atoms with E-state index in [0.29, 0.717) is 5.57 Å². The van der Waals surface area contributed by atoms with Gasteiger partial charge in [0.1, 0.15) is 18.3 Å². The van der Waals surface area contributed by atoms with Crippen molar-refractivity contribution < 1.29 is 39.8 Å². The van der Waals surface area contributed by atoms with Crippen molar-refractivity contribution in [1.82, 2.24) is 19.5 Å². The van der Waals surface area contributed by atoms with Gasteiger partial charge < -0.3 is 45.3 Å². The van der Waals surface area contributed by atoms with E-state index < -0.39 is 60.3 Å². The van der Waals surface area contributed by atoms with Crippen LogP contribution in [0, 0.1) is 5.92 Å². The summed E-state index contributed by atoms with van der Waals surface area (Å²) in [4.78, 5) is 33.9. The molecule has 1 aliphatic heterocycles. The van der Waals surface area contributed by atoms with Crippen LogP contribution in [0.1, 0.15) is 12.5 Å². The first-order valence-electron chi connectivity index (χ1n) is 9.73. The third-order valence-corrected chi connectivity index (χ3v) is 5.91. The Balaban J connectivity index is 1.61. The number of imidazole rings is 1. The molecular formula is C18H23N5O9. The van der Waals surface area contributed by atoms with E-state index in [4.69, 9.17) is 15.2 Å². The molecule has 14 heteroatoms. The third kappa shape index (κ3) is 3.56. The van der Waals surface area contributed by atoms with E-state index in [9.17, 15) is 35.1 Å². The first-order valence-corrected chi connectivity index (χ1v) is 9.73. The molecule has 2 aliphatic rings. The maximum Gasteiger partial charge on any atom is 0.335 e. The van der Waals surface area contributed by atoms with Gasteiger partial charge in [0.05, 0.1) is 25.1 Å². The van der Waals surface area contributed by atoms with Gasteiger partial charge >= 0.3 is 5.97 Å². The van der Waals surface area contributed by atoms with Crippen LogP contribution in [-0.4, -0.2) is 94.4 Å². The van der Waals surface area contributed by atoms with E-state index in [1.165, 1.54) is 6.33 Å². The van der Waals surface area contributed by atoms with Gasteiger partial charge in [0.2, 0.25) is 5.95 Å². The molecule has 14 nitrogen and oxygen atoms in total. The van der Waals surface area contributed by atoms with Gasteiger partial charge in [0, 0.05) is 5.92 Å². The van der Waals surface area contributed by atoms with Crippen LogP contribution in [0.3, 0.4) is 0 Å². The fraction of sp³-hybridized carbons (Fsp3) is 0.556. The largest absolute Gasteiger partial charge is 0.479 e. The number of aliphatic hydroxyl groups is 4. The average molecular weight is 453 g/mol. The highest BCUT2D eigenvalue weighted by molar-refractivity contribution is 5.73. The summed E-state index contributed by atoms with van der Waals surface area (Å²) in [6.07, 6.45) is -8.07. The van der Waals surface area contributed by atoms with Crippen molar-refractivity contribution in [3.63, 3.8) is 0 Å². The van der Waals surface area contributed by atoms with Crippen LogP contribution in [-0.2, 0) is 14.3 Å². The monoisotopic (exact) mass is 453 g/mol. The molecular weight excluding hydrogens is 430 g/mol. The summed E-state index contributed by atoms with van der Waals surface area (Å²) in [6.45, 7) is 3.62. The topological polar surface area (TPSA) is 226 Å². The van der Waals surface area contributed by atoms with E-state index in [1.54, 1.807) is 4.57 Å². The van der Waals surface area contributed by atoms with E-state index in [1.807, 2.05) is 0 Å². The number of H-pyrrole nitrogens is 1. The molecule has 2 aromatic rings. The Morgan fingerprint density at radius 1 is 1.34 bits per heavy atom. The number of fused-ring (bicyclic) bond motifs is 1. The highest BCUT2D eigenvalue weighted by Crippen LogP contribution is 2.42. The molecule has 174 valence electrons. The number of aromatic amines is 1. The lowest BCUT2D eigenvalue weighted by Crippen LogP contribution is -2.61. The zero-order valence-corrected chi connectivity index (χ0v) is 16.6. The minimum atomic E-state index is -1.85. The average Bonchev–Trinajstić information content (AvgIpc) is 3.28. The number of aliphatic carboxylic acids is 1. The molecule has 0 amide bonds. The summed E-state index contributed by atoms with van der Waals surface area (Å²) in [5, 5.41) is 49.2. The molecule has 8 atom stereocenters. The molecule has 2 aromatic heterocycles. The fourth-order valence-electron chi connectivity index (χ4n) is 4.21. The summed E-state index contributed by atoms with van der Waals surface area (Å²) in [5.74, 6) is -2.30. The summed E-state index contributed by atoms with van der Waals surface area (Å²) in [7, 11) is 0. The lowest BCUT2D eigenvalue weighted by atomic mass is 9.98. The predicted octanol–water partition coefficient (Wildman–Crippen LogP) is -2.91. The molecule has 0 aromatic carbocycles. The van der Waals surface area contributed by atoms with Crippen molar-refractivity contribution in [2.45, 2.75) is 49.3 Å². The Morgan fingerprint density at radius 3 is 2.72 bits per heavy atom. The Kier molecular flexibility index (Phi) is 5.74. The normalized spacial score (nSPS) is 35.4. The number of carboxylic acid groups (broad SMARTS) is 1. The van der Waals surface area contributed by atoms with Crippen LogP contribution in [0.25, 0.3) is 11.2 Å². The number of nitrogen functional groups attached to an aromatic ring is 1. The van der Waals surface area contributed by atoms with Gasteiger partial charge in [-0.3, -0.25) is 9.78 Å². The highest BCUT2D eigenvalue weighted by Gasteiger charge is 2.50. The number of rotatable bonds is 5. The molecule has 8 N–H and O–H groups in total. The second-order valence-corrected chi connectivity index (χ2v) is 7.80. The van der Waals surface area contributed by atoms with Crippen LogP contribution in [0.4, 0.5) is 5.95 Å². The number of ether oxygens (including phenoxy) is 2. The lowest BCUT2D eigenvalue weighted by molar-refractivity contribution is -0.306. The van der Waals surface area contributed by atoms with Gasteiger partial charge in [-0.15, -0.1) is 0 Å². The van der Waals surface area contributed by atoms with Crippen molar-refractivity contribution in [1.29, 1.82) is 0 Å². The number of anilines is 1. The first-order chi connectivity index (χ1) is 15.1. The number of nitrogens with zero attached hydrogens (tertiary/aromatic N) is 3. The van der Waals surface area contributed by atoms with Gasteiger partial charge in [-0.1, -0.05) is 6.58 Å². The quantitative estimate of drug-likeness (QED) is 0.226. The number of aromatic nitrogens is 4. The predicted molar refractivity (Wildman–Crippen MR) is 105 cm³/mol. The minimum absolute atomic E-state index is 0.0596. The summed E-state index contributed by atoms with van der Waals surface area (Å²) < 4.78 is 12.5. The maximum atomic E-state index is 12.1. The zero-order valence-electron chi connectivity index (χ0n) is 16.6. The van der Waals surface area contributed by atoms with E-state index >= 15 is 0 Å². The van der Waals surface area contributed by atoms with E-state index in [-0.39, 0.29) is 30.1 Å². The van der Waals surface area contributed by atoms with Crippen molar-refractivity contribution in [2.24, 2.45) is 5.92 Å². The maximum absolute atomic E-state index is 12.1. The first kappa shape index (κ1) is 22.3. The molecule has 4 rings (SSSR count). The molecule has 1 saturated heterocycles. The van der Waals surface area contributed by atoms with Crippen LogP contribution in [0.2, 0.25) is 0 Å². The Morgan fingerprint density at radius 2 is 2.06 bits per heavy atom. The number of nitrogens with one attached hydrogen (secondary N) is 1. The van der Waals surface area contributed by atoms with Gasteiger partial charge in [-0.25, -0.2) is 9.78 Å². The smallest absolute Gasteiger partial charge is 0.335 e. The van der Waals surface area contributed by atoms with Crippen LogP contribution < -0.4 is 11.3 Å². The third-order valence-electron chi connectivity index (χ3n) is 5.91. The Labute approximate surface area is 179 Å². The van der Waals surface area contributed by atoms with Crippen molar-refractivity contribution in [3.8, 4) is 0 Å². The lowest BCUT2D eigenvalue weighted by Gasteiger charge is -2.40. The van der Waals surface area contributed by atoms with Crippen molar-refractivity contribution in [2.75, 3.05) is 12.3 Å². The van der Waals surface area contributed by atoms with E-state index in [2.05, 4.69) is 21.5 Å². The summed E-state index contributed by atoms with van der Waals surface area (Å²) >= 11 is 0. The molecule has 0 bridgehead atoms. The molecule has 1 aliphatic carbocycles.